The van der Waals surface area contributed by atoms with Crippen LogP contribution in [0.5, 0.6) is 11.5 Å². The minimum atomic E-state index is -0.527. The number of aliphatic hydroxyl groups excluding tert-OH is 1. The van der Waals surface area contributed by atoms with E-state index in [-0.39, 0.29) is 11.9 Å². The molecule has 0 radical (unpaired) electrons. The molecule has 0 spiro atoms. The lowest BCUT2D eigenvalue weighted by Gasteiger charge is -2.26. The molecule has 186 valence electrons. The highest BCUT2D eigenvalue weighted by molar-refractivity contribution is 5.83. The number of fused-ring (bicyclic) bond motifs is 1. The number of nitrogens with one attached hydrogen (secondary N) is 1. The Labute approximate surface area is 211 Å². The molecule has 1 aliphatic heterocycles. The summed E-state index contributed by atoms with van der Waals surface area (Å²) >= 11 is 0. The minimum Gasteiger partial charge on any atom is -0.457 e. The second-order valence-electron chi connectivity index (χ2n) is 8.84. The zero-order chi connectivity index (χ0) is 25.4. The third-order valence-corrected chi connectivity index (χ3v) is 6.44. The van der Waals surface area contributed by atoms with Crippen molar-refractivity contribution < 1.29 is 14.6 Å². The van der Waals surface area contributed by atoms with Crippen molar-refractivity contribution in [3.8, 4) is 34.4 Å². The minimum absolute atomic E-state index is 0.219. The van der Waals surface area contributed by atoms with Crippen molar-refractivity contribution in [2.24, 2.45) is 7.05 Å². The number of aromatic amines is 1. The topological polar surface area (TPSA) is 135 Å². The van der Waals surface area contributed by atoms with Crippen LogP contribution in [0, 0.1) is 0 Å². The molecule has 1 amide bonds. The maximum atomic E-state index is 12.5. The van der Waals surface area contributed by atoms with E-state index in [0.717, 1.165) is 40.7 Å². The summed E-state index contributed by atoms with van der Waals surface area (Å²) in [6, 6.07) is 16.7. The van der Waals surface area contributed by atoms with Gasteiger partial charge in [-0.3, -0.25) is 9.78 Å². The maximum absolute atomic E-state index is 12.5. The molecule has 1 fully saturated rings. The zero-order valence-corrected chi connectivity index (χ0v) is 20.1. The van der Waals surface area contributed by atoms with Crippen LogP contribution >= 0.6 is 0 Å². The van der Waals surface area contributed by atoms with Gasteiger partial charge in [-0.1, -0.05) is 6.07 Å². The van der Waals surface area contributed by atoms with Crippen LogP contribution in [0.3, 0.4) is 0 Å². The molecule has 0 bridgehead atoms. The highest BCUT2D eigenvalue weighted by atomic mass is 16.5. The van der Waals surface area contributed by atoms with Gasteiger partial charge in [0.05, 0.1) is 24.1 Å². The molecule has 0 aliphatic carbocycles. The van der Waals surface area contributed by atoms with Gasteiger partial charge in [0.25, 0.3) is 0 Å². The highest BCUT2D eigenvalue weighted by Crippen LogP contribution is 2.41. The lowest BCUT2D eigenvalue weighted by Crippen LogP contribution is -2.32. The Morgan fingerprint density at radius 2 is 2.05 bits per heavy atom. The second-order valence-corrected chi connectivity index (χ2v) is 8.84. The number of carbonyl (C=O) groups excluding carboxylic acids is 1. The van der Waals surface area contributed by atoms with Crippen molar-refractivity contribution in [1.82, 2.24) is 40.1 Å². The lowest BCUT2D eigenvalue weighted by molar-refractivity contribution is -0.135. The molecule has 1 aliphatic rings. The SMILES string of the molecule is Cn1nnc(-c2ccc(Oc3cc4nc(-c5ccccn5)[nH]c4cc3C3CCCN3C(=O)CO)cc2)n1. The molecule has 2 aromatic carbocycles. The van der Waals surface area contributed by atoms with Gasteiger partial charge in [0.1, 0.15) is 23.8 Å². The number of likely N-dealkylation sites (tertiary alicyclic amines) is 1. The van der Waals surface area contributed by atoms with Gasteiger partial charge in [-0.15, -0.1) is 10.2 Å². The number of aryl methyl sites for hydroxylation is 1. The normalized spacial score (nSPS) is 15.4. The van der Waals surface area contributed by atoms with Crippen LogP contribution in [-0.2, 0) is 11.8 Å². The molecule has 1 atom stereocenters. The first kappa shape index (κ1) is 22.8. The summed E-state index contributed by atoms with van der Waals surface area (Å²) in [4.78, 5) is 28.1. The average molecular weight is 497 g/mol. The van der Waals surface area contributed by atoms with E-state index in [0.29, 0.717) is 29.7 Å². The number of nitrogens with zero attached hydrogens (tertiary/aromatic N) is 7. The van der Waals surface area contributed by atoms with E-state index in [4.69, 9.17) is 9.72 Å². The fourth-order valence-corrected chi connectivity index (χ4v) is 4.71. The number of amides is 1. The summed E-state index contributed by atoms with van der Waals surface area (Å²) in [5, 5.41) is 21.7. The number of imidazole rings is 1. The summed E-state index contributed by atoms with van der Waals surface area (Å²) in [7, 11) is 1.72. The molecule has 1 unspecified atom stereocenters. The van der Waals surface area contributed by atoms with Crippen LogP contribution in [0.4, 0.5) is 0 Å². The van der Waals surface area contributed by atoms with Gasteiger partial charge in [0.15, 0.2) is 5.82 Å². The van der Waals surface area contributed by atoms with Gasteiger partial charge in [-0.2, -0.15) is 4.80 Å². The van der Waals surface area contributed by atoms with E-state index < -0.39 is 6.61 Å². The number of tetrazole rings is 1. The van der Waals surface area contributed by atoms with Crippen LogP contribution in [-0.4, -0.2) is 64.2 Å². The van der Waals surface area contributed by atoms with E-state index in [9.17, 15) is 9.90 Å². The van der Waals surface area contributed by atoms with Gasteiger partial charge in [-0.05, 0) is 60.5 Å². The molecule has 6 rings (SSSR count). The number of benzene rings is 2. The Morgan fingerprint density at radius 3 is 2.78 bits per heavy atom. The van der Waals surface area contributed by atoms with E-state index >= 15 is 0 Å². The van der Waals surface area contributed by atoms with Crippen LogP contribution in [0.15, 0.2) is 60.8 Å². The molecule has 2 N–H and O–H groups in total. The van der Waals surface area contributed by atoms with Gasteiger partial charge in [0, 0.05) is 29.9 Å². The molecule has 11 nitrogen and oxygen atoms in total. The molecule has 11 heteroatoms. The van der Waals surface area contributed by atoms with Crippen molar-refractivity contribution in [2.75, 3.05) is 13.2 Å². The molecule has 5 aromatic rings. The van der Waals surface area contributed by atoms with Crippen LogP contribution in [0.25, 0.3) is 33.9 Å². The molecular formula is C26H24N8O3. The Kier molecular flexibility index (Phi) is 5.81. The monoisotopic (exact) mass is 496 g/mol. The lowest BCUT2D eigenvalue weighted by atomic mass is 10.0. The number of ether oxygens (including phenoxy) is 1. The zero-order valence-electron chi connectivity index (χ0n) is 20.1. The number of H-pyrrole nitrogens is 1. The molecule has 3 aromatic heterocycles. The fraction of sp³-hybridized carbons (Fsp3) is 0.231. The van der Waals surface area contributed by atoms with Crippen LogP contribution in [0.2, 0.25) is 0 Å². The van der Waals surface area contributed by atoms with Crippen molar-refractivity contribution in [1.29, 1.82) is 0 Å². The van der Waals surface area contributed by atoms with Crippen molar-refractivity contribution in [2.45, 2.75) is 18.9 Å². The molecule has 4 heterocycles. The summed E-state index contributed by atoms with van der Waals surface area (Å²) in [6.45, 7) is 0.0597. The number of carbonyl (C=O) groups is 1. The summed E-state index contributed by atoms with van der Waals surface area (Å²) in [5.74, 6) is 2.09. The molecule has 0 saturated carbocycles. The maximum Gasteiger partial charge on any atom is 0.248 e. The number of hydrogen-bond donors (Lipinski definition) is 2. The van der Waals surface area contributed by atoms with Crippen molar-refractivity contribution in [3.63, 3.8) is 0 Å². The van der Waals surface area contributed by atoms with Gasteiger partial charge >= 0.3 is 0 Å². The van der Waals surface area contributed by atoms with E-state index in [1.54, 1.807) is 18.1 Å². The largest absolute Gasteiger partial charge is 0.457 e. The van der Waals surface area contributed by atoms with Crippen LogP contribution in [0.1, 0.15) is 24.4 Å². The quantitative estimate of drug-likeness (QED) is 0.366. The standard InChI is InChI=1S/C26H24N8O3/c1-33-31-25(30-32-33)16-7-9-17(10-8-16)37-23-14-21-20(28-26(29-21)19-5-2-3-11-27-19)13-18(23)22-6-4-12-34(22)24(36)15-35/h2-3,5,7-11,13-14,22,35H,4,6,12,15H2,1H3,(H,28,29). The highest BCUT2D eigenvalue weighted by Gasteiger charge is 2.32. The smallest absolute Gasteiger partial charge is 0.248 e. The first-order chi connectivity index (χ1) is 18.1. The summed E-state index contributed by atoms with van der Waals surface area (Å²) in [6.07, 6.45) is 3.33. The predicted molar refractivity (Wildman–Crippen MR) is 134 cm³/mol. The van der Waals surface area contributed by atoms with E-state index in [2.05, 4.69) is 25.4 Å². The summed E-state index contributed by atoms with van der Waals surface area (Å²) < 4.78 is 6.37. The molecular weight excluding hydrogens is 472 g/mol. The Bertz CT molecular complexity index is 1560. The van der Waals surface area contributed by atoms with E-state index in [1.165, 1.54) is 4.80 Å². The van der Waals surface area contributed by atoms with Gasteiger partial charge in [0.2, 0.25) is 11.7 Å². The van der Waals surface area contributed by atoms with Crippen molar-refractivity contribution >= 4 is 16.9 Å². The van der Waals surface area contributed by atoms with Crippen molar-refractivity contribution in [3.05, 3.63) is 66.4 Å². The van der Waals surface area contributed by atoms with Gasteiger partial charge in [-0.25, -0.2) is 4.98 Å². The first-order valence-corrected chi connectivity index (χ1v) is 12.0. The third-order valence-electron chi connectivity index (χ3n) is 6.44. The Hall–Kier alpha value is -4.64. The summed E-state index contributed by atoms with van der Waals surface area (Å²) in [5.41, 5.74) is 3.93. The first-order valence-electron chi connectivity index (χ1n) is 12.0. The Morgan fingerprint density at radius 1 is 1.19 bits per heavy atom. The van der Waals surface area contributed by atoms with Gasteiger partial charge < -0.3 is 19.7 Å². The fourth-order valence-electron chi connectivity index (χ4n) is 4.71. The molecule has 37 heavy (non-hydrogen) atoms. The third kappa shape index (κ3) is 4.40. The van der Waals surface area contributed by atoms with E-state index in [1.807, 2.05) is 54.6 Å². The second kappa shape index (κ2) is 9.43. The Balaban J connectivity index is 1.40. The predicted octanol–water partition coefficient (Wildman–Crippen LogP) is 3.26. The molecule has 1 saturated heterocycles. The number of hydrogen-bond acceptors (Lipinski definition) is 8. The number of pyridine rings is 1. The number of aliphatic hydroxyl groups is 1. The number of aromatic nitrogens is 7. The number of rotatable bonds is 6. The average Bonchev–Trinajstić information content (AvgIpc) is 3.68. The van der Waals surface area contributed by atoms with Crippen LogP contribution < -0.4 is 4.74 Å².